The molecule has 0 spiro atoms. The molecule has 0 aliphatic heterocycles. The monoisotopic (exact) mass is 519 g/mol. The average molecular weight is 520 g/mol. The van der Waals surface area contributed by atoms with Crippen molar-refractivity contribution in [3.05, 3.63) is 52.5 Å². The number of hydrogen-bond donors (Lipinski definition) is 3. The first kappa shape index (κ1) is 26.2. The van der Waals surface area contributed by atoms with Crippen LogP contribution in [0.15, 0.2) is 46.9 Å². The lowest BCUT2D eigenvalue weighted by Crippen LogP contribution is -2.44. The number of rotatable bonds is 9. The predicted molar refractivity (Wildman–Crippen MR) is 130 cm³/mol. The van der Waals surface area contributed by atoms with Gasteiger partial charge in [-0.25, -0.2) is 0 Å². The molecule has 9 heteroatoms. The largest absolute Gasteiger partial charge is 0.494 e. The van der Waals surface area contributed by atoms with E-state index < -0.39 is 11.8 Å². The first-order chi connectivity index (χ1) is 15.6. The first-order valence-electron chi connectivity index (χ1n) is 10.6. The first-order valence-corrected chi connectivity index (χ1v) is 11.4. The van der Waals surface area contributed by atoms with Crippen LogP contribution in [0.1, 0.15) is 46.1 Å². The van der Waals surface area contributed by atoms with Crippen LogP contribution in [0.4, 0.5) is 5.69 Å². The molecular weight excluding hydrogens is 490 g/mol. The molecule has 0 fully saturated rings. The van der Waals surface area contributed by atoms with Crippen molar-refractivity contribution in [3.63, 3.8) is 0 Å². The minimum Gasteiger partial charge on any atom is -0.494 e. The third-order valence-corrected chi connectivity index (χ3v) is 5.15. The second-order valence-corrected chi connectivity index (χ2v) is 9.14. The van der Waals surface area contributed by atoms with Crippen molar-refractivity contribution in [3.8, 4) is 11.5 Å². The summed E-state index contributed by atoms with van der Waals surface area (Å²) in [6.45, 7) is 8.50. The van der Waals surface area contributed by atoms with Gasteiger partial charge >= 0.3 is 0 Å². The third-order valence-electron chi connectivity index (χ3n) is 4.53. The minimum absolute atomic E-state index is 0.00612. The van der Waals surface area contributed by atoms with E-state index in [0.717, 1.165) is 10.0 Å². The van der Waals surface area contributed by atoms with Gasteiger partial charge in [0.05, 0.1) is 11.1 Å². The minimum atomic E-state index is -0.519. The fourth-order valence-electron chi connectivity index (χ4n) is 2.72. The number of ether oxygens (including phenoxy) is 2. The Morgan fingerprint density at radius 1 is 0.879 bits per heavy atom. The Bertz CT molecular complexity index is 971. The van der Waals surface area contributed by atoms with Crippen LogP contribution in [0.2, 0.25) is 0 Å². The van der Waals surface area contributed by atoms with Crippen molar-refractivity contribution < 1.29 is 23.9 Å². The highest BCUT2D eigenvalue weighted by molar-refractivity contribution is 9.10. The van der Waals surface area contributed by atoms with E-state index in [9.17, 15) is 14.4 Å². The summed E-state index contributed by atoms with van der Waals surface area (Å²) < 4.78 is 11.6. The molecule has 2 rings (SSSR count). The summed E-state index contributed by atoms with van der Waals surface area (Å²) in [4.78, 5) is 35.9. The number of hydrogen-bond acceptors (Lipinski definition) is 5. The molecule has 0 saturated carbocycles. The normalized spacial score (nSPS) is 10.8. The van der Waals surface area contributed by atoms with E-state index in [0.29, 0.717) is 23.8 Å². The van der Waals surface area contributed by atoms with Crippen molar-refractivity contribution in [1.29, 1.82) is 0 Å². The quantitative estimate of drug-likeness (QED) is 0.432. The highest BCUT2D eigenvalue weighted by atomic mass is 79.9. The molecule has 0 radical (unpaired) electrons. The van der Waals surface area contributed by atoms with Crippen LogP contribution >= 0.6 is 15.9 Å². The Morgan fingerprint density at radius 2 is 1.52 bits per heavy atom. The number of halogens is 1. The number of carbonyl (C=O) groups excluding carboxylic acids is 3. The summed E-state index contributed by atoms with van der Waals surface area (Å²) in [5, 5.41) is 2.70. The Labute approximate surface area is 202 Å². The van der Waals surface area contributed by atoms with Gasteiger partial charge in [0.25, 0.3) is 5.91 Å². The lowest BCUT2D eigenvalue weighted by atomic mass is 9.87. The Kier molecular flexibility index (Phi) is 9.72. The number of anilines is 1. The zero-order valence-corrected chi connectivity index (χ0v) is 20.9. The van der Waals surface area contributed by atoms with Crippen molar-refractivity contribution in [2.45, 2.75) is 46.0 Å². The maximum absolute atomic E-state index is 12.0. The Hall–Kier alpha value is -3.07. The lowest BCUT2D eigenvalue weighted by molar-refractivity contribution is -0.130. The second-order valence-electron chi connectivity index (χ2n) is 8.29. The van der Waals surface area contributed by atoms with Crippen molar-refractivity contribution in [2.75, 3.05) is 18.5 Å². The summed E-state index contributed by atoms with van der Waals surface area (Å²) in [5.74, 6) is -0.0817. The van der Waals surface area contributed by atoms with Gasteiger partial charge in [-0.1, -0.05) is 26.8 Å². The smallest absolute Gasteiger partial charge is 0.276 e. The summed E-state index contributed by atoms with van der Waals surface area (Å²) in [7, 11) is 0. The van der Waals surface area contributed by atoms with E-state index in [1.807, 2.05) is 19.1 Å². The molecule has 0 aromatic heterocycles. The van der Waals surface area contributed by atoms with E-state index in [1.165, 1.54) is 0 Å². The number of carbonyl (C=O) groups is 3. The molecule has 178 valence electrons. The zero-order chi connectivity index (χ0) is 24.4. The molecule has 0 atom stereocenters. The summed E-state index contributed by atoms with van der Waals surface area (Å²) >= 11 is 3.45. The van der Waals surface area contributed by atoms with Crippen LogP contribution in [0.25, 0.3) is 0 Å². The maximum atomic E-state index is 12.0. The van der Waals surface area contributed by atoms with Crippen LogP contribution in [0.5, 0.6) is 11.5 Å². The van der Waals surface area contributed by atoms with E-state index >= 15 is 0 Å². The van der Waals surface area contributed by atoms with E-state index in [2.05, 4.69) is 52.9 Å². The number of amides is 3. The summed E-state index contributed by atoms with van der Waals surface area (Å²) in [6, 6.07) is 12.6. The standard InChI is InChI=1S/C24H30BrN3O5/c1-5-32-18-9-7-17(8-10-18)26-21(29)12-13-22(30)27-28-23(31)15-33-20-11-6-16(14-19(20)25)24(2,3)4/h6-11,14H,5,12-13,15H2,1-4H3,(H,26,29)(H,27,30)(H,28,31). The van der Waals surface area contributed by atoms with Crippen LogP contribution in [-0.4, -0.2) is 30.9 Å². The fourth-order valence-corrected chi connectivity index (χ4v) is 3.21. The SMILES string of the molecule is CCOc1ccc(NC(=O)CCC(=O)NNC(=O)COc2ccc(C(C)(C)C)cc2Br)cc1. The van der Waals surface area contributed by atoms with Crippen LogP contribution in [0, 0.1) is 0 Å². The van der Waals surface area contributed by atoms with E-state index in [4.69, 9.17) is 9.47 Å². The lowest BCUT2D eigenvalue weighted by Gasteiger charge is -2.20. The van der Waals surface area contributed by atoms with Crippen LogP contribution < -0.4 is 25.6 Å². The molecule has 0 unspecified atom stereocenters. The molecule has 0 aliphatic carbocycles. The van der Waals surface area contributed by atoms with Crippen molar-refractivity contribution in [1.82, 2.24) is 10.9 Å². The average Bonchev–Trinajstić information content (AvgIpc) is 2.76. The van der Waals surface area contributed by atoms with Crippen LogP contribution in [0.3, 0.4) is 0 Å². The number of benzene rings is 2. The van der Waals surface area contributed by atoms with Gasteiger partial charge in [0.1, 0.15) is 11.5 Å². The molecule has 0 bridgehead atoms. The van der Waals surface area contributed by atoms with Crippen molar-refractivity contribution >= 4 is 39.3 Å². The topological polar surface area (TPSA) is 106 Å². The predicted octanol–water partition coefficient (Wildman–Crippen LogP) is 4.09. The van der Waals surface area contributed by atoms with Gasteiger partial charge in [0.2, 0.25) is 11.8 Å². The number of hydrazine groups is 1. The Morgan fingerprint density at radius 3 is 2.12 bits per heavy atom. The molecule has 33 heavy (non-hydrogen) atoms. The van der Waals surface area contributed by atoms with Gasteiger partial charge in [0, 0.05) is 18.5 Å². The van der Waals surface area contributed by atoms with Crippen LogP contribution in [-0.2, 0) is 19.8 Å². The molecule has 3 amide bonds. The van der Waals surface area contributed by atoms with Gasteiger partial charge in [-0.3, -0.25) is 25.2 Å². The van der Waals surface area contributed by atoms with Gasteiger partial charge in [-0.05, 0) is 70.2 Å². The van der Waals surface area contributed by atoms with Gasteiger partial charge in [0.15, 0.2) is 6.61 Å². The molecule has 8 nitrogen and oxygen atoms in total. The molecule has 2 aromatic rings. The molecule has 0 aliphatic rings. The molecular formula is C24H30BrN3O5. The molecule has 0 heterocycles. The van der Waals surface area contributed by atoms with Crippen molar-refractivity contribution in [2.24, 2.45) is 0 Å². The summed E-state index contributed by atoms with van der Waals surface area (Å²) in [5.41, 5.74) is 6.28. The van der Waals surface area contributed by atoms with Gasteiger partial charge in [-0.15, -0.1) is 0 Å². The highest BCUT2D eigenvalue weighted by Gasteiger charge is 2.16. The molecule has 3 N–H and O–H groups in total. The number of nitrogens with one attached hydrogen (secondary N) is 3. The molecule has 2 aromatic carbocycles. The van der Waals surface area contributed by atoms with E-state index in [1.54, 1.807) is 30.3 Å². The maximum Gasteiger partial charge on any atom is 0.276 e. The zero-order valence-electron chi connectivity index (χ0n) is 19.3. The third kappa shape index (κ3) is 9.13. The second kappa shape index (κ2) is 12.2. The van der Waals surface area contributed by atoms with Gasteiger partial charge < -0.3 is 14.8 Å². The van der Waals surface area contributed by atoms with Gasteiger partial charge in [-0.2, -0.15) is 0 Å². The highest BCUT2D eigenvalue weighted by Crippen LogP contribution is 2.31. The molecule has 0 saturated heterocycles. The fraction of sp³-hybridized carbons (Fsp3) is 0.375. The van der Waals surface area contributed by atoms with E-state index in [-0.39, 0.29) is 30.8 Å². The summed E-state index contributed by atoms with van der Waals surface area (Å²) in [6.07, 6.45) is -0.109. The Balaban J connectivity index is 1.68.